The van der Waals surface area contributed by atoms with Gasteiger partial charge in [-0.15, -0.1) is 11.3 Å². The van der Waals surface area contributed by atoms with E-state index in [1.165, 1.54) is 18.4 Å². The maximum atomic E-state index is 12.5. The van der Waals surface area contributed by atoms with Gasteiger partial charge < -0.3 is 14.8 Å². The van der Waals surface area contributed by atoms with Crippen molar-refractivity contribution in [2.75, 3.05) is 19.0 Å². The highest BCUT2D eigenvalue weighted by atomic mass is 79.9. The van der Waals surface area contributed by atoms with Crippen LogP contribution < -0.4 is 10.1 Å². The molecule has 1 aromatic heterocycles. The standard InChI is InChI=1S/C21H16Br2ClNO4S/c1-11-18(12-4-3-5-14(24)8-12)19(21(27)28-2)20(30-11)25-17(26)10-29-16-7-6-13(22)9-15(16)23/h3-9H,10H2,1-2H3,(H,25,26). The quantitative estimate of drug-likeness (QED) is 0.333. The number of esters is 1. The lowest BCUT2D eigenvalue weighted by atomic mass is 10.0. The Balaban J connectivity index is 1.85. The molecule has 0 aliphatic rings. The van der Waals surface area contributed by atoms with E-state index in [0.29, 0.717) is 26.9 Å². The normalized spacial score (nSPS) is 10.6. The van der Waals surface area contributed by atoms with Crippen molar-refractivity contribution in [3.8, 4) is 16.9 Å². The van der Waals surface area contributed by atoms with Crippen molar-refractivity contribution in [3.05, 3.63) is 66.9 Å². The first-order valence-electron chi connectivity index (χ1n) is 8.65. The smallest absolute Gasteiger partial charge is 0.341 e. The van der Waals surface area contributed by atoms with Crippen molar-refractivity contribution < 1.29 is 19.1 Å². The number of carbonyl (C=O) groups excluding carboxylic acids is 2. The number of aryl methyl sites for hydroxylation is 1. The predicted molar refractivity (Wildman–Crippen MR) is 127 cm³/mol. The summed E-state index contributed by atoms with van der Waals surface area (Å²) in [5.74, 6) is -0.404. The zero-order valence-corrected chi connectivity index (χ0v) is 20.7. The second-order valence-electron chi connectivity index (χ2n) is 6.15. The van der Waals surface area contributed by atoms with E-state index in [9.17, 15) is 9.59 Å². The number of methoxy groups -OCH3 is 1. The van der Waals surface area contributed by atoms with Gasteiger partial charge in [-0.1, -0.05) is 39.7 Å². The lowest BCUT2D eigenvalue weighted by molar-refractivity contribution is -0.118. The van der Waals surface area contributed by atoms with Gasteiger partial charge in [0.1, 0.15) is 16.3 Å². The van der Waals surface area contributed by atoms with Gasteiger partial charge in [0.2, 0.25) is 0 Å². The highest BCUT2D eigenvalue weighted by molar-refractivity contribution is 9.11. The number of hydrogen-bond acceptors (Lipinski definition) is 5. The molecule has 1 amide bonds. The first kappa shape index (κ1) is 22.8. The SMILES string of the molecule is COC(=O)c1c(NC(=O)COc2ccc(Br)cc2Br)sc(C)c1-c1cccc(Cl)c1. The third kappa shape index (κ3) is 5.24. The zero-order chi connectivity index (χ0) is 21.8. The molecule has 5 nitrogen and oxygen atoms in total. The minimum atomic E-state index is -0.541. The summed E-state index contributed by atoms with van der Waals surface area (Å²) >= 11 is 14.2. The lowest BCUT2D eigenvalue weighted by Gasteiger charge is -2.10. The Morgan fingerprint density at radius 3 is 2.60 bits per heavy atom. The molecule has 0 unspecified atom stereocenters. The van der Waals surface area contributed by atoms with Crippen LogP contribution in [0.3, 0.4) is 0 Å². The molecule has 0 fully saturated rings. The monoisotopic (exact) mass is 571 g/mol. The third-order valence-electron chi connectivity index (χ3n) is 4.09. The number of halogens is 3. The summed E-state index contributed by atoms with van der Waals surface area (Å²) in [6.07, 6.45) is 0. The number of nitrogens with one attached hydrogen (secondary N) is 1. The summed E-state index contributed by atoms with van der Waals surface area (Å²) in [6.45, 7) is 1.66. The number of amides is 1. The summed E-state index contributed by atoms with van der Waals surface area (Å²) in [6, 6.07) is 12.6. The first-order valence-corrected chi connectivity index (χ1v) is 11.4. The van der Waals surface area contributed by atoms with Gasteiger partial charge in [0.15, 0.2) is 6.61 Å². The van der Waals surface area contributed by atoms with Crippen LogP contribution in [0.15, 0.2) is 51.4 Å². The lowest BCUT2D eigenvalue weighted by Crippen LogP contribution is -2.21. The summed E-state index contributed by atoms with van der Waals surface area (Å²) in [5, 5.41) is 3.72. The van der Waals surface area contributed by atoms with Gasteiger partial charge in [-0.3, -0.25) is 4.79 Å². The molecule has 30 heavy (non-hydrogen) atoms. The van der Waals surface area contributed by atoms with Gasteiger partial charge in [-0.05, 0) is 58.7 Å². The predicted octanol–water partition coefficient (Wildman–Crippen LogP) is 6.71. The van der Waals surface area contributed by atoms with E-state index < -0.39 is 11.9 Å². The minimum absolute atomic E-state index is 0.218. The van der Waals surface area contributed by atoms with Crippen LogP contribution >= 0.6 is 54.8 Å². The largest absolute Gasteiger partial charge is 0.483 e. The molecule has 0 radical (unpaired) electrons. The van der Waals surface area contributed by atoms with Gasteiger partial charge in [-0.25, -0.2) is 4.79 Å². The minimum Gasteiger partial charge on any atom is -0.483 e. The number of benzene rings is 2. The first-order chi connectivity index (χ1) is 14.3. The van der Waals surface area contributed by atoms with Gasteiger partial charge in [0.05, 0.1) is 11.6 Å². The molecule has 0 atom stereocenters. The fourth-order valence-electron chi connectivity index (χ4n) is 2.82. The summed E-state index contributed by atoms with van der Waals surface area (Å²) in [4.78, 5) is 25.9. The van der Waals surface area contributed by atoms with Crippen LogP contribution in [0, 0.1) is 6.92 Å². The van der Waals surface area contributed by atoms with Gasteiger partial charge in [0.25, 0.3) is 5.91 Å². The highest BCUT2D eigenvalue weighted by Crippen LogP contribution is 2.41. The Morgan fingerprint density at radius 2 is 1.93 bits per heavy atom. The number of carbonyl (C=O) groups is 2. The molecule has 0 saturated heterocycles. The van der Waals surface area contributed by atoms with Crippen molar-refractivity contribution >= 4 is 71.7 Å². The average Bonchev–Trinajstić information content (AvgIpc) is 3.02. The highest BCUT2D eigenvalue weighted by Gasteiger charge is 2.25. The van der Waals surface area contributed by atoms with Gasteiger partial charge >= 0.3 is 5.97 Å². The number of rotatable bonds is 6. The van der Waals surface area contributed by atoms with Gasteiger partial charge in [-0.2, -0.15) is 0 Å². The topological polar surface area (TPSA) is 64.6 Å². The van der Waals surface area contributed by atoms with Crippen molar-refractivity contribution in [1.82, 2.24) is 0 Å². The second-order valence-corrected chi connectivity index (χ2v) is 9.58. The van der Waals surface area contributed by atoms with Crippen LogP contribution in [0.1, 0.15) is 15.2 Å². The van der Waals surface area contributed by atoms with Crippen LogP contribution in [0.5, 0.6) is 5.75 Å². The number of anilines is 1. The Labute approximate surface area is 199 Å². The molecule has 0 aliphatic carbocycles. The van der Waals surface area contributed by atoms with E-state index in [1.54, 1.807) is 24.3 Å². The zero-order valence-electron chi connectivity index (χ0n) is 15.9. The maximum absolute atomic E-state index is 12.5. The van der Waals surface area contributed by atoms with E-state index in [2.05, 4.69) is 37.2 Å². The van der Waals surface area contributed by atoms with Crippen molar-refractivity contribution in [1.29, 1.82) is 0 Å². The van der Waals surface area contributed by atoms with E-state index in [1.807, 2.05) is 25.1 Å². The van der Waals surface area contributed by atoms with Crippen LogP contribution in [-0.2, 0) is 9.53 Å². The number of ether oxygens (including phenoxy) is 2. The van der Waals surface area contributed by atoms with Crippen molar-refractivity contribution in [2.24, 2.45) is 0 Å². The van der Waals surface area contributed by atoms with E-state index in [0.717, 1.165) is 19.4 Å². The Morgan fingerprint density at radius 1 is 1.17 bits per heavy atom. The Bertz CT molecular complexity index is 1120. The Hall–Kier alpha value is -1.87. The van der Waals surface area contributed by atoms with E-state index >= 15 is 0 Å². The van der Waals surface area contributed by atoms with Gasteiger partial charge in [0, 0.05) is 19.9 Å². The Kier molecular flexibility index (Phi) is 7.57. The molecule has 0 saturated carbocycles. The third-order valence-corrected chi connectivity index (χ3v) is 6.46. The summed E-state index contributed by atoms with van der Waals surface area (Å²) < 4.78 is 12.1. The van der Waals surface area contributed by atoms with Crippen LogP contribution in [0.2, 0.25) is 5.02 Å². The van der Waals surface area contributed by atoms with Crippen molar-refractivity contribution in [3.63, 3.8) is 0 Å². The summed E-state index contributed by atoms with van der Waals surface area (Å²) in [7, 11) is 1.30. The molecule has 3 aromatic rings. The number of hydrogen-bond donors (Lipinski definition) is 1. The molecular formula is C21H16Br2ClNO4S. The van der Waals surface area contributed by atoms with E-state index in [4.69, 9.17) is 21.1 Å². The fraction of sp³-hybridized carbons (Fsp3) is 0.143. The second kappa shape index (κ2) is 9.96. The molecule has 2 aromatic carbocycles. The molecule has 1 N–H and O–H groups in total. The molecule has 156 valence electrons. The van der Waals surface area contributed by atoms with Crippen LogP contribution in [0.4, 0.5) is 5.00 Å². The molecule has 9 heteroatoms. The van der Waals surface area contributed by atoms with Crippen LogP contribution in [0.25, 0.3) is 11.1 Å². The van der Waals surface area contributed by atoms with Crippen LogP contribution in [-0.4, -0.2) is 25.6 Å². The summed E-state index contributed by atoms with van der Waals surface area (Å²) in [5.41, 5.74) is 1.74. The molecule has 1 heterocycles. The molecule has 0 spiro atoms. The molecular weight excluding hydrogens is 558 g/mol. The number of thiophene rings is 1. The van der Waals surface area contributed by atoms with Crippen molar-refractivity contribution in [2.45, 2.75) is 6.92 Å². The maximum Gasteiger partial charge on any atom is 0.341 e. The average molecular weight is 574 g/mol. The van der Waals surface area contributed by atoms with E-state index in [-0.39, 0.29) is 6.61 Å². The molecule has 3 rings (SSSR count). The fourth-order valence-corrected chi connectivity index (χ4v) is 5.25. The molecule has 0 bridgehead atoms. The molecule has 0 aliphatic heterocycles.